The van der Waals surface area contributed by atoms with E-state index in [1.807, 2.05) is 0 Å². The molecule has 0 radical (unpaired) electrons. The second-order valence-corrected chi connectivity index (χ2v) is 4.50. The van der Waals surface area contributed by atoms with Gasteiger partial charge >= 0.3 is 0 Å². The van der Waals surface area contributed by atoms with Crippen molar-refractivity contribution in [1.82, 2.24) is 19.8 Å². The third-order valence-corrected chi connectivity index (χ3v) is 3.17. The van der Waals surface area contributed by atoms with Crippen molar-refractivity contribution in [2.45, 2.75) is 0 Å². The highest BCUT2D eigenvalue weighted by Crippen LogP contribution is 2.16. The SMILES string of the molecule is O=C(Nc1ccc(F)c(F)c1)c1nn2cnnc2s1. The van der Waals surface area contributed by atoms with E-state index in [1.165, 1.54) is 16.9 Å². The third-order valence-electron chi connectivity index (χ3n) is 2.26. The predicted molar refractivity (Wildman–Crippen MR) is 63.0 cm³/mol. The van der Waals surface area contributed by atoms with Gasteiger partial charge in [0, 0.05) is 11.8 Å². The molecular weight excluding hydrogens is 276 g/mol. The summed E-state index contributed by atoms with van der Waals surface area (Å²) in [5.41, 5.74) is 0.148. The number of halogens is 2. The van der Waals surface area contributed by atoms with Gasteiger partial charge in [0.05, 0.1) is 0 Å². The number of rotatable bonds is 2. The second kappa shape index (κ2) is 4.35. The Kier molecular flexibility index (Phi) is 2.67. The van der Waals surface area contributed by atoms with Crippen LogP contribution in [0.1, 0.15) is 9.80 Å². The quantitative estimate of drug-likeness (QED) is 0.776. The van der Waals surface area contributed by atoms with Crippen molar-refractivity contribution >= 4 is 27.9 Å². The largest absolute Gasteiger partial charge is 0.320 e. The van der Waals surface area contributed by atoms with Crippen LogP contribution in [0.3, 0.4) is 0 Å². The van der Waals surface area contributed by atoms with Crippen LogP contribution in [0.5, 0.6) is 0 Å². The fourth-order valence-corrected chi connectivity index (χ4v) is 2.12. The standard InChI is InChI=1S/C10H5F2N5OS/c11-6-2-1-5(3-7(6)12)14-8(18)9-16-17-4-13-15-10(17)19-9/h1-4H,(H,14,18). The molecule has 19 heavy (non-hydrogen) atoms. The van der Waals surface area contributed by atoms with E-state index in [0.717, 1.165) is 23.5 Å². The number of hydrogen-bond acceptors (Lipinski definition) is 5. The van der Waals surface area contributed by atoms with Gasteiger partial charge in [0.2, 0.25) is 9.97 Å². The van der Waals surface area contributed by atoms with Crippen LogP contribution in [0.25, 0.3) is 4.96 Å². The lowest BCUT2D eigenvalue weighted by molar-refractivity contribution is 0.102. The number of aromatic nitrogens is 4. The Bertz CT molecular complexity index is 740. The smallest absolute Gasteiger partial charge is 0.286 e. The van der Waals surface area contributed by atoms with E-state index in [0.29, 0.717) is 4.96 Å². The molecule has 3 rings (SSSR count). The highest BCUT2D eigenvalue weighted by Gasteiger charge is 2.14. The number of fused-ring (bicyclic) bond motifs is 1. The van der Waals surface area contributed by atoms with Crippen molar-refractivity contribution in [2.75, 3.05) is 5.32 Å². The molecule has 0 aliphatic heterocycles. The molecule has 3 aromatic rings. The van der Waals surface area contributed by atoms with Crippen LogP contribution in [0.15, 0.2) is 24.5 Å². The Morgan fingerprint density at radius 3 is 2.89 bits per heavy atom. The Hall–Kier alpha value is -2.42. The zero-order valence-corrected chi connectivity index (χ0v) is 9.99. The fourth-order valence-electron chi connectivity index (χ4n) is 1.41. The third kappa shape index (κ3) is 2.15. The van der Waals surface area contributed by atoms with Gasteiger partial charge in [-0.1, -0.05) is 11.3 Å². The predicted octanol–water partition coefficient (Wildman–Crippen LogP) is 1.72. The molecule has 0 aliphatic carbocycles. The average molecular weight is 281 g/mol. The van der Waals surface area contributed by atoms with E-state index in [-0.39, 0.29) is 10.7 Å². The fraction of sp³-hybridized carbons (Fsp3) is 0. The zero-order chi connectivity index (χ0) is 13.4. The van der Waals surface area contributed by atoms with Crippen LogP contribution in [-0.4, -0.2) is 25.7 Å². The molecule has 0 saturated heterocycles. The minimum atomic E-state index is -1.03. The summed E-state index contributed by atoms with van der Waals surface area (Å²) in [4.78, 5) is 12.3. The molecule has 0 saturated carbocycles. The van der Waals surface area contributed by atoms with Crippen molar-refractivity contribution < 1.29 is 13.6 Å². The molecule has 1 amide bonds. The van der Waals surface area contributed by atoms with Crippen molar-refractivity contribution in [3.63, 3.8) is 0 Å². The lowest BCUT2D eigenvalue weighted by Gasteiger charge is -2.02. The Morgan fingerprint density at radius 2 is 2.16 bits per heavy atom. The first-order chi connectivity index (χ1) is 9.13. The van der Waals surface area contributed by atoms with Crippen LogP contribution in [-0.2, 0) is 0 Å². The molecule has 0 fully saturated rings. The van der Waals surface area contributed by atoms with Crippen molar-refractivity contribution in [3.05, 3.63) is 41.2 Å². The minimum Gasteiger partial charge on any atom is -0.320 e. The van der Waals surface area contributed by atoms with Crippen molar-refractivity contribution in [3.8, 4) is 0 Å². The molecule has 96 valence electrons. The molecule has 0 bridgehead atoms. The van der Waals surface area contributed by atoms with Gasteiger partial charge in [0.1, 0.15) is 6.33 Å². The molecule has 6 nitrogen and oxygen atoms in total. The Morgan fingerprint density at radius 1 is 1.32 bits per heavy atom. The Balaban J connectivity index is 1.84. The highest BCUT2D eigenvalue weighted by atomic mass is 32.1. The van der Waals surface area contributed by atoms with Gasteiger partial charge in [-0.05, 0) is 12.1 Å². The topological polar surface area (TPSA) is 72.2 Å². The summed E-state index contributed by atoms with van der Waals surface area (Å²) in [6, 6.07) is 3.09. The van der Waals surface area contributed by atoms with E-state index >= 15 is 0 Å². The number of benzene rings is 1. The second-order valence-electron chi connectivity index (χ2n) is 3.55. The number of nitrogens with zero attached hydrogens (tertiary/aromatic N) is 4. The van der Waals surface area contributed by atoms with Crippen LogP contribution < -0.4 is 5.32 Å². The monoisotopic (exact) mass is 281 g/mol. The summed E-state index contributed by atoms with van der Waals surface area (Å²) in [5.74, 6) is -2.53. The van der Waals surface area contributed by atoms with Gasteiger partial charge in [-0.15, -0.1) is 15.3 Å². The summed E-state index contributed by atoms with van der Waals surface area (Å²) in [6.45, 7) is 0. The van der Waals surface area contributed by atoms with Crippen LogP contribution in [0.2, 0.25) is 0 Å². The molecule has 0 unspecified atom stereocenters. The van der Waals surface area contributed by atoms with E-state index in [9.17, 15) is 13.6 Å². The average Bonchev–Trinajstić information content (AvgIpc) is 2.94. The van der Waals surface area contributed by atoms with E-state index in [4.69, 9.17) is 0 Å². The van der Waals surface area contributed by atoms with Gasteiger partial charge in [0.15, 0.2) is 11.6 Å². The number of carbonyl (C=O) groups excluding carboxylic acids is 1. The van der Waals surface area contributed by atoms with Gasteiger partial charge in [-0.3, -0.25) is 4.79 Å². The van der Waals surface area contributed by atoms with Crippen LogP contribution in [0.4, 0.5) is 14.5 Å². The van der Waals surface area contributed by atoms with Gasteiger partial charge < -0.3 is 5.32 Å². The van der Waals surface area contributed by atoms with Gasteiger partial charge in [0.25, 0.3) is 5.91 Å². The maximum atomic E-state index is 13.0. The number of nitrogens with one attached hydrogen (secondary N) is 1. The minimum absolute atomic E-state index is 0.148. The van der Waals surface area contributed by atoms with Crippen LogP contribution >= 0.6 is 11.3 Å². The first-order valence-corrected chi connectivity index (χ1v) is 5.88. The maximum absolute atomic E-state index is 13.0. The maximum Gasteiger partial charge on any atom is 0.286 e. The highest BCUT2D eigenvalue weighted by molar-refractivity contribution is 7.18. The first-order valence-electron chi connectivity index (χ1n) is 5.07. The molecule has 2 heterocycles. The number of hydrogen-bond donors (Lipinski definition) is 1. The van der Waals surface area contributed by atoms with E-state index in [2.05, 4.69) is 20.6 Å². The number of carbonyl (C=O) groups is 1. The lowest BCUT2D eigenvalue weighted by atomic mass is 10.3. The van der Waals surface area contributed by atoms with Crippen molar-refractivity contribution in [2.24, 2.45) is 0 Å². The molecule has 0 spiro atoms. The summed E-state index contributed by atoms with van der Waals surface area (Å²) >= 11 is 1.04. The summed E-state index contributed by atoms with van der Waals surface area (Å²) in [7, 11) is 0. The molecule has 0 aliphatic rings. The van der Waals surface area contributed by atoms with Crippen molar-refractivity contribution in [1.29, 1.82) is 0 Å². The molecular formula is C10H5F2N5OS. The molecule has 2 aromatic heterocycles. The summed E-state index contributed by atoms with van der Waals surface area (Å²) < 4.78 is 27.1. The summed E-state index contributed by atoms with van der Waals surface area (Å²) in [5, 5.41) is 13.8. The molecule has 1 aromatic carbocycles. The number of anilines is 1. The number of amides is 1. The van der Waals surface area contributed by atoms with Crippen LogP contribution in [0, 0.1) is 11.6 Å². The first kappa shape index (κ1) is 11.7. The van der Waals surface area contributed by atoms with E-state index < -0.39 is 17.5 Å². The lowest BCUT2D eigenvalue weighted by Crippen LogP contribution is -2.12. The molecule has 1 N–H and O–H groups in total. The molecule has 9 heteroatoms. The zero-order valence-electron chi connectivity index (χ0n) is 9.17. The normalized spacial score (nSPS) is 10.8. The van der Waals surface area contributed by atoms with Gasteiger partial charge in [-0.25, -0.2) is 8.78 Å². The molecule has 0 atom stereocenters. The Labute approximate surface area is 108 Å². The van der Waals surface area contributed by atoms with Gasteiger partial charge in [-0.2, -0.15) is 4.52 Å². The van der Waals surface area contributed by atoms with E-state index in [1.54, 1.807) is 0 Å². The summed E-state index contributed by atoms with van der Waals surface area (Å²) in [6.07, 6.45) is 1.36.